The number of nitrogens with zero attached hydrogens (tertiary/aromatic N) is 2. The average Bonchev–Trinajstić information content (AvgIpc) is 2.95. The van der Waals surface area contributed by atoms with Gasteiger partial charge in [-0.2, -0.15) is 0 Å². The molecule has 1 unspecified atom stereocenters. The summed E-state index contributed by atoms with van der Waals surface area (Å²) in [5.74, 6) is -1.15. The van der Waals surface area contributed by atoms with Gasteiger partial charge in [-0.15, -0.1) is 5.10 Å². The molecule has 1 heterocycles. The summed E-state index contributed by atoms with van der Waals surface area (Å²) in [7, 11) is 0. The van der Waals surface area contributed by atoms with E-state index in [0.717, 1.165) is 17.0 Å². The summed E-state index contributed by atoms with van der Waals surface area (Å²) in [6.45, 7) is 4.60. The quantitative estimate of drug-likeness (QED) is 0.767. The predicted molar refractivity (Wildman–Crippen MR) is 83.5 cm³/mol. The zero-order valence-corrected chi connectivity index (χ0v) is 14.2. The van der Waals surface area contributed by atoms with Gasteiger partial charge < -0.3 is 5.32 Å². The fraction of sp³-hybridized carbons (Fsp3) is 0.429. The maximum absolute atomic E-state index is 14.4. The molecule has 1 atom stereocenters. The van der Waals surface area contributed by atoms with Crippen molar-refractivity contribution in [3.8, 4) is 0 Å². The van der Waals surface area contributed by atoms with Crippen LogP contribution < -0.4 is 5.32 Å². The van der Waals surface area contributed by atoms with Gasteiger partial charge in [-0.3, -0.25) is 0 Å². The second kappa shape index (κ2) is 7.38. The molecule has 1 N–H and O–H groups in total. The maximum Gasteiger partial charge on any atom is 0.145 e. The van der Waals surface area contributed by atoms with Gasteiger partial charge in [0.15, 0.2) is 0 Å². The minimum Gasteiger partial charge on any atom is -0.305 e. The Kier molecular flexibility index (Phi) is 5.78. The van der Waals surface area contributed by atoms with E-state index in [1.165, 1.54) is 23.7 Å². The number of hydrogen-bond acceptors (Lipinski definition) is 4. The van der Waals surface area contributed by atoms with E-state index in [4.69, 9.17) is 0 Å². The molecule has 0 amide bonds. The summed E-state index contributed by atoms with van der Waals surface area (Å²) in [6.07, 6.45) is 1.54. The van der Waals surface area contributed by atoms with Gasteiger partial charge in [0.25, 0.3) is 0 Å². The number of hydrogen-bond donors (Lipinski definition) is 1. The van der Waals surface area contributed by atoms with Crippen LogP contribution in [0.2, 0.25) is 0 Å². The smallest absolute Gasteiger partial charge is 0.145 e. The van der Waals surface area contributed by atoms with Gasteiger partial charge in [0, 0.05) is 5.56 Å². The highest BCUT2D eigenvalue weighted by atomic mass is 79.9. The molecule has 0 fully saturated rings. The van der Waals surface area contributed by atoms with Crippen LogP contribution in [0.5, 0.6) is 0 Å². The monoisotopic (exact) mass is 375 g/mol. The molecule has 2 rings (SSSR count). The summed E-state index contributed by atoms with van der Waals surface area (Å²) in [5.41, 5.74) is 0.783. The third kappa shape index (κ3) is 3.46. The molecule has 21 heavy (non-hydrogen) atoms. The standard InChI is InChI=1S/C14H16BrF2N3S/c1-3-7-18-13(14-10(4-2)19-20-21-14)11-9(16)6-5-8(15)12(11)17/h5-6,13,18H,3-4,7H2,1-2H3. The molecule has 0 aliphatic heterocycles. The fourth-order valence-electron chi connectivity index (χ4n) is 2.10. The summed E-state index contributed by atoms with van der Waals surface area (Å²) < 4.78 is 32.8. The minimum atomic E-state index is -0.584. The van der Waals surface area contributed by atoms with Crippen LogP contribution in [0.1, 0.15) is 42.4 Å². The molecule has 0 aliphatic carbocycles. The normalized spacial score (nSPS) is 12.6. The van der Waals surface area contributed by atoms with Gasteiger partial charge >= 0.3 is 0 Å². The molecule has 2 aromatic rings. The van der Waals surface area contributed by atoms with Gasteiger partial charge in [-0.1, -0.05) is 18.3 Å². The number of halogens is 3. The van der Waals surface area contributed by atoms with E-state index in [9.17, 15) is 8.78 Å². The van der Waals surface area contributed by atoms with E-state index in [1.807, 2.05) is 13.8 Å². The van der Waals surface area contributed by atoms with Gasteiger partial charge in [-0.25, -0.2) is 8.78 Å². The van der Waals surface area contributed by atoms with E-state index in [1.54, 1.807) is 0 Å². The van der Waals surface area contributed by atoms with Crippen molar-refractivity contribution < 1.29 is 8.78 Å². The Balaban J connectivity index is 2.53. The first kappa shape index (κ1) is 16.5. The molecule has 0 saturated carbocycles. The third-order valence-corrected chi connectivity index (χ3v) is 4.59. The Bertz CT molecular complexity index is 618. The van der Waals surface area contributed by atoms with Crippen LogP contribution in [0.25, 0.3) is 0 Å². The maximum atomic E-state index is 14.4. The molecule has 3 nitrogen and oxygen atoms in total. The highest BCUT2D eigenvalue weighted by Gasteiger charge is 2.27. The molecule has 1 aromatic heterocycles. The summed E-state index contributed by atoms with van der Waals surface area (Å²) in [5, 5.41) is 7.24. The zero-order chi connectivity index (χ0) is 15.4. The van der Waals surface area contributed by atoms with Crippen LogP contribution in [0, 0.1) is 11.6 Å². The van der Waals surface area contributed by atoms with Crippen LogP contribution in [-0.2, 0) is 6.42 Å². The van der Waals surface area contributed by atoms with Crippen molar-refractivity contribution in [1.29, 1.82) is 0 Å². The highest BCUT2D eigenvalue weighted by molar-refractivity contribution is 9.10. The van der Waals surface area contributed by atoms with Gasteiger partial charge in [-0.05, 0) is 59.0 Å². The van der Waals surface area contributed by atoms with Crippen molar-refractivity contribution in [3.05, 3.63) is 44.4 Å². The molecule has 0 spiro atoms. The molecule has 0 radical (unpaired) electrons. The number of nitrogens with one attached hydrogen (secondary N) is 1. The van der Waals surface area contributed by atoms with Gasteiger partial charge in [0.2, 0.25) is 0 Å². The number of rotatable bonds is 6. The predicted octanol–water partition coefficient (Wildman–Crippen LogP) is 4.23. The lowest BCUT2D eigenvalue weighted by Gasteiger charge is -2.20. The van der Waals surface area contributed by atoms with Crippen molar-refractivity contribution in [3.63, 3.8) is 0 Å². The van der Waals surface area contributed by atoms with Gasteiger partial charge in [0.1, 0.15) is 11.6 Å². The summed E-state index contributed by atoms with van der Waals surface area (Å²) in [6, 6.07) is 2.07. The Labute approximate surface area is 135 Å². The SMILES string of the molecule is CCCNC(c1snnc1CC)c1c(F)ccc(Br)c1F. The molecule has 0 aliphatic rings. The minimum absolute atomic E-state index is 0.0126. The first-order valence-electron chi connectivity index (χ1n) is 6.78. The summed E-state index contributed by atoms with van der Waals surface area (Å²) in [4.78, 5) is 0.766. The van der Waals surface area contributed by atoms with Crippen molar-refractivity contribution in [1.82, 2.24) is 14.9 Å². The lowest BCUT2D eigenvalue weighted by atomic mass is 10.0. The molecule has 1 aromatic carbocycles. The van der Waals surface area contributed by atoms with Crippen LogP contribution in [-0.4, -0.2) is 16.1 Å². The lowest BCUT2D eigenvalue weighted by molar-refractivity contribution is 0.501. The van der Waals surface area contributed by atoms with E-state index < -0.39 is 17.7 Å². The Morgan fingerprint density at radius 1 is 1.33 bits per heavy atom. The Hall–Kier alpha value is -0.920. The first-order valence-corrected chi connectivity index (χ1v) is 8.34. The molecule has 7 heteroatoms. The second-order valence-corrected chi connectivity index (χ2v) is 6.22. The lowest BCUT2D eigenvalue weighted by Crippen LogP contribution is -2.25. The Morgan fingerprint density at radius 2 is 2.10 bits per heavy atom. The first-order chi connectivity index (χ1) is 10.1. The fourth-order valence-corrected chi connectivity index (χ4v) is 3.27. The molecular formula is C14H16BrF2N3S. The summed E-state index contributed by atoms with van der Waals surface area (Å²) >= 11 is 4.30. The molecule has 0 saturated heterocycles. The van der Waals surface area contributed by atoms with Crippen LogP contribution in [0.15, 0.2) is 16.6 Å². The van der Waals surface area contributed by atoms with Crippen LogP contribution >= 0.6 is 27.5 Å². The van der Waals surface area contributed by atoms with E-state index in [2.05, 4.69) is 30.8 Å². The Morgan fingerprint density at radius 3 is 2.76 bits per heavy atom. The topological polar surface area (TPSA) is 37.8 Å². The van der Waals surface area contributed by atoms with Crippen molar-refractivity contribution in [2.24, 2.45) is 0 Å². The number of aryl methyl sites for hydroxylation is 1. The van der Waals surface area contributed by atoms with Crippen LogP contribution in [0.4, 0.5) is 8.78 Å². The average molecular weight is 376 g/mol. The number of aromatic nitrogens is 2. The van der Waals surface area contributed by atoms with E-state index >= 15 is 0 Å². The molecule has 114 valence electrons. The second-order valence-electron chi connectivity index (χ2n) is 4.58. The largest absolute Gasteiger partial charge is 0.305 e. The highest BCUT2D eigenvalue weighted by Crippen LogP contribution is 2.33. The third-order valence-electron chi connectivity index (χ3n) is 3.15. The van der Waals surface area contributed by atoms with Gasteiger partial charge in [0.05, 0.1) is 21.1 Å². The van der Waals surface area contributed by atoms with Crippen molar-refractivity contribution in [2.45, 2.75) is 32.7 Å². The molecular weight excluding hydrogens is 360 g/mol. The van der Waals surface area contributed by atoms with Crippen LogP contribution in [0.3, 0.4) is 0 Å². The van der Waals surface area contributed by atoms with Crippen molar-refractivity contribution in [2.75, 3.05) is 6.54 Å². The van der Waals surface area contributed by atoms with E-state index in [-0.39, 0.29) is 10.0 Å². The van der Waals surface area contributed by atoms with E-state index in [0.29, 0.717) is 13.0 Å². The zero-order valence-electron chi connectivity index (χ0n) is 11.8. The van der Waals surface area contributed by atoms with Crippen molar-refractivity contribution >= 4 is 27.5 Å². The number of benzene rings is 1. The molecule has 0 bridgehead atoms.